The molecule has 0 bridgehead atoms. The molecule has 18 heteroatoms. The predicted octanol–water partition coefficient (Wildman–Crippen LogP) is 3.22. The molecule has 0 aliphatic carbocycles. The van der Waals surface area contributed by atoms with Gasteiger partial charge in [-0.1, -0.05) is 67.3 Å². The summed E-state index contributed by atoms with van der Waals surface area (Å²) >= 11 is 3.39. The summed E-state index contributed by atoms with van der Waals surface area (Å²) in [7, 11) is -14.4. The molecule has 0 atom stereocenters. The number of ether oxygens (including phenoxy) is 1. The van der Waals surface area contributed by atoms with Crippen LogP contribution in [0, 0.1) is 0 Å². The van der Waals surface area contributed by atoms with Gasteiger partial charge in [-0.05, 0) is 37.1 Å². The van der Waals surface area contributed by atoms with Gasteiger partial charge < -0.3 is 13.5 Å². The molecule has 0 radical (unpaired) electrons. The Labute approximate surface area is 259 Å². The summed E-state index contributed by atoms with van der Waals surface area (Å²) in [6, 6.07) is 2.81. The van der Waals surface area contributed by atoms with E-state index in [1.165, 1.54) is 25.7 Å². The predicted molar refractivity (Wildman–Crippen MR) is 131 cm³/mol. The Kier molecular flexibility index (Phi) is 16.6. The van der Waals surface area contributed by atoms with E-state index < -0.39 is 48.4 Å². The van der Waals surface area contributed by atoms with Crippen molar-refractivity contribution in [1.29, 1.82) is 0 Å². The monoisotopic (exact) mass is 700 g/mol. The molecule has 0 spiro atoms. The number of hydrogen-bond acceptors (Lipinski definition) is 8. The van der Waals surface area contributed by atoms with Crippen LogP contribution >= 0.6 is 15.9 Å². The molecule has 8 nitrogen and oxygen atoms in total. The number of carbonyl (C=O) groups excluding carboxylic acids is 1. The summed E-state index contributed by atoms with van der Waals surface area (Å²) in [5, 5.41) is -12.8. The molecule has 1 rings (SSSR count). The Morgan fingerprint density at radius 3 is 1.60 bits per heavy atom. The standard InChI is InChI=1S/C22H29BrF6O8S2.Na/c23-15-9-7-5-3-1-2-4-6-8-10-16-36-19(30)17-11-13-18(14-12-17)37-39(34,35)22(28,29)20(24,25)21(26,27)38(31,32)33;/h11-14H,1-10,15-16H2,(H,31,32,33);/q;+1/p-1. The van der Waals surface area contributed by atoms with Gasteiger partial charge in [-0.3, -0.25) is 0 Å². The quantitative estimate of drug-likeness (QED) is 0.0410. The van der Waals surface area contributed by atoms with E-state index in [0.717, 1.165) is 49.6 Å². The van der Waals surface area contributed by atoms with Crippen molar-refractivity contribution in [2.24, 2.45) is 0 Å². The van der Waals surface area contributed by atoms with Crippen molar-refractivity contribution in [3.63, 3.8) is 0 Å². The van der Waals surface area contributed by atoms with Crippen molar-refractivity contribution < 1.29 is 91.0 Å². The Morgan fingerprint density at radius 2 is 1.18 bits per heavy atom. The number of rotatable bonds is 19. The van der Waals surface area contributed by atoms with Gasteiger partial charge in [0, 0.05) is 5.33 Å². The molecular weight excluding hydrogens is 673 g/mol. The fraction of sp³-hybridized carbons (Fsp3) is 0.682. The van der Waals surface area contributed by atoms with E-state index in [1.54, 1.807) is 0 Å². The van der Waals surface area contributed by atoms with Gasteiger partial charge in [0.1, 0.15) is 5.75 Å². The number of unbranched alkanes of at least 4 members (excludes halogenated alkanes) is 9. The van der Waals surface area contributed by atoms with Crippen molar-refractivity contribution in [3.05, 3.63) is 29.8 Å². The number of esters is 1. The minimum absolute atomic E-state index is 0. The van der Waals surface area contributed by atoms with Gasteiger partial charge in [0.15, 0.2) is 10.1 Å². The molecular formula is C22H28BrF6NaO8S2. The van der Waals surface area contributed by atoms with Gasteiger partial charge in [-0.2, -0.15) is 34.8 Å². The summed E-state index contributed by atoms with van der Waals surface area (Å²) in [5.41, 5.74) is -0.194. The van der Waals surface area contributed by atoms with E-state index in [-0.39, 0.29) is 41.7 Å². The average Bonchev–Trinajstić information content (AvgIpc) is 2.83. The molecule has 0 saturated carbocycles. The van der Waals surface area contributed by atoms with Crippen molar-refractivity contribution in [3.8, 4) is 5.75 Å². The molecule has 1 aromatic carbocycles. The maximum Gasteiger partial charge on any atom is 1.00 e. The number of hydrogen-bond donors (Lipinski definition) is 0. The summed E-state index contributed by atoms with van der Waals surface area (Å²) in [5.74, 6) is -9.15. The minimum atomic E-state index is -7.40. The molecule has 0 aliphatic heterocycles. The molecule has 0 heterocycles. The maximum absolute atomic E-state index is 13.8. The van der Waals surface area contributed by atoms with Crippen LogP contribution in [-0.2, 0) is 25.0 Å². The second-order valence-corrected chi connectivity index (χ2v) is 12.3. The van der Waals surface area contributed by atoms with E-state index in [1.807, 2.05) is 0 Å². The van der Waals surface area contributed by atoms with Gasteiger partial charge in [0.05, 0.1) is 12.2 Å². The summed E-state index contributed by atoms with van der Waals surface area (Å²) < 4.78 is 144. The molecule has 0 N–H and O–H groups in total. The minimum Gasteiger partial charge on any atom is -0.743 e. The van der Waals surface area contributed by atoms with Crippen LogP contribution in [0.5, 0.6) is 5.75 Å². The zero-order valence-corrected chi connectivity index (χ0v) is 26.7. The van der Waals surface area contributed by atoms with Crippen LogP contribution in [0.2, 0.25) is 0 Å². The molecule has 226 valence electrons. The Hall–Kier alpha value is -0.590. The van der Waals surface area contributed by atoms with Crippen LogP contribution < -0.4 is 33.7 Å². The summed E-state index contributed by atoms with van der Waals surface area (Å²) in [4.78, 5) is 12.0. The van der Waals surface area contributed by atoms with Crippen molar-refractivity contribution >= 4 is 42.1 Å². The number of halogens is 7. The molecule has 0 aromatic heterocycles. The van der Waals surface area contributed by atoms with Gasteiger partial charge in [-0.15, -0.1) is 0 Å². The molecule has 0 unspecified atom stereocenters. The van der Waals surface area contributed by atoms with E-state index in [0.29, 0.717) is 18.6 Å². The van der Waals surface area contributed by atoms with Gasteiger partial charge >= 0.3 is 62.1 Å². The van der Waals surface area contributed by atoms with Crippen LogP contribution in [0.15, 0.2) is 24.3 Å². The third-order valence-corrected chi connectivity index (χ3v) is 8.16. The molecule has 0 amide bonds. The topological polar surface area (TPSA) is 127 Å². The third kappa shape index (κ3) is 10.6. The fourth-order valence-corrected chi connectivity index (χ4v) is 4.98. The summed E-state index contributed by atoms with van der Waals surface area (Å²) in [6.07, 6.45) is 10.4. The van der Waals surface area contributed by atoms with Gasteiger partial charge in [0.25, 0.3) is 0 Å². The molecule has 0 fully saturated rings. The second kappa shape index (κ2) is 16.9. The van der Waals surface area contributed by atoms with Crippen molar-refractivity contribution in [2.45, 2.75) is 80.6 Å². The number of alkyl halides is 7. The zero-order chi connectivity index (χ0) is 30.0. The first kappa shape index (κ1) is 39.4. The van der Waals surface area contributed by atoms with Crippen LogP contribution in [0.25, 0.3) is 0 Å². The number of benzene rings is 1. The largest absolute Gasteiger partial charge is 1.00 e. The first-order chi connectivity index (χ1) is 17.9. The summed E-state index contributed by atoms with van der Waals surface area (Å²) in [6.45, 7) is 0.0656. The second-order valence-electron chi connectivity index (χ2n) is 8.48. The fourth-order valence-electron chi connectivity index (χ4n) is 3.17. The first-order valence-corrected chi connectivity index (χ1v) is 15.7. The van der Waals surface area contributed by atoms with Gasteiger partial charge in [-0.25, -0.2) is 13.2 Å². The Balaban J connectivity index is 0.0000152. The average molecular weight is 701 g/mol. The molecule has 0 saturated heterocycles. The van der Waals surface area contributed by atoms with Gasteiger partial charge in [0.2, 0.25) is 0 Å². The smallest absolute Gasteiger partial charge is 0.743 e. The normalized spacial score (nSPS) is 13.0. The van der Waals surface area contributed by atoms with E-state index in [9.17, 15) is 52.5 Å². The van der Waals surface area contributed by atoms with Crippen LogP contribution in [-0.4, -0.2) is 55.7 Å². The SMILES string of the molecule is O=C(OCCCCCCCCCCCCBr)c1ccc(OS(=O)(=O)C(F)(F)C(F)(F)C(F)(F)S(=O)(=O)[O-])cc1.[Na+]. The van der Waals surface area contributed by atoms with Crippen LogP contribution in [0.4, 0.5) is 26.3 Å². The van der Waals surface area contributed by atoms with E-state index in [4.69, 9.17) is 4.74 Å². The molecule has 40 heavy (non-hydrogen) atoms. The maximum atomic E-state index is 13.8. The molecule has 1 aromatic rings. The van der Waals surface area contributed by atoms with Crippen molar-refractivity contribution in [2.75, 3.05) is 11.9 Å². The van der Waals surface area contributed by atoms with E-state index in [2.05, 4.69) is 20.1 Å². The van der Waals surface area contributed by atoms with Crippen LogP contribution in [0.3, 0.4) is 0 Å². The first-order valence-electron chi connectivity index (χ1n) is 11.8. The third-order valence-electron chi connectivity index (χ3n) is 5.42. The number of carbonyl (C=O) groups is 1. The zero-order valence-electron chi connectivity index (χ0n) is 21.5. The Morgan fingerprint density at radius 1 is 0.750 bits per heavy atom. The van der Waals surface area contributed by atoms with E-state index >= 15 is 0 Å². The van der Waals surface area contributed by atoms with Crippen molar-refractivity contribution in [1.82, 2.24) is 0 Å². The molecule has 0 aliphatic rings. The van der Waals surface area contributed by atoms with Crippen LogP contribution in [0.1, 0.15) is 74.6 Å². The Bertz CT molecular complexity index is 1140.